The SMILES string of the molecule is COC(=O)c1cc(OC)c(OC)cc1NC(=O)CN(Cc1ccccc1F)S(C)(=O)=O. The molecule has 168 valence electrons. The van der Waals surface area contributed by atoms with Crippen molar-refractivity contribution >= 4 is 27.6 Å². The minimum atomic E-state index is -3.85. The second kappa shape index (κ2) is 10.2. The molecule has 11 heteroatoms. The molecule has 1 N–H and O–H groups in total. The van der Waals surface area contributed by atoms with E-state index in [9.17, 15) is 22.4 Å². The van der Waals surface area contributed by atoms with Crippen LogP contribution in [0, 0.1) is 5.82 Å². The van der Waals surface area contributed by atoms with Gasteiger partial charge in [0.15, 0.2) is 11.5 Å². The van der Waals surface area contributed by atoms with Gasteiger partial charge < -0.3 is 19.5 Å². The maximum atomic E-state index is 14.0. The molecule has 0 aliphatic heterocycles. The molecular formula is C20H23FN2O7S. The zero-order valence-electron chi connectivity index (χ0n) is 17.5. The van der Waals surface area contributed by atoms with Crippen molar-refractivity contribution in [3.8, 4) is 11.5 Å². The van der Waals surface area contributed by atoms with E-state index in [0.717, 1.165) is 10.6 Å². The Kier molecular flexibility index (Phi) is 7.95. The highest BCUT2D eigenvalue weighted by Gasteiger charge is 2.24. The minimum absolute atomic E-state index is 0.0199. The van der Waals surface area contributed by atoms with Crippen molar-refractivity contribution in [2.24, 2.45) is 0 Å². The van der Waals surface area contributed by atoms with E-state index in [1.165, 1.54) is 51.7 Å². The molecule has 2 rings (SSSR count). The molecule has 9 nitrogen and oxygen atoms in total. The van der Waals surface area contributed by atoms with E-state index in [1.807, 2.05) is 0 Å². The number of carbonyl (C=O) groups is 2. The maximum Gasteiger partial charge on any atom is 0.340 e. The Morgan fingerprint density at radius 3 is 2.23 bits per heavy atom. The number of sulfonamides is 1. The fourth-order valence-electron chi connectivity index (χ4n) is 2.72. The van der Waals surface area contributed by atoms with E-state index in [1.54, 1.807) is 6.07 Å². The summed E-state index contributed by atoms with van der Waals surface area (Å²) < 4.78 is 54.1. The number of nitrogens with zero attached hydrogens (tertiary/aromatic N) is 1. The number of amides is 1. The molecule has 0 heterocycles. The lowest BCUT2D eigenvalue weighted by Crippen LogP contribution is -2.37. The molecular weight excluding hydrogens is 431 g/mol. The Hall–Kier alpha value is -3.18. The number of esters is 1. The fraction of sp³-hybridized carbons (Fsp3) is 0.300. The molecule has 31 heavy (non-hydrogen) atoms. The molecule has 0 saturated heterocycles. The highest BCUT2D eigenvalue weighted by Crippen LogP contribution is 2.33. The number of anilines is 1. The highest BCUT2D eigenvalue weighted by atomic mass is 32.2. The molecule has 0 aromatic heterocycles. The van der Waals surface area contributed by atoms with Gasteiger partial charge in [-0.05, 0) is 6.07 Å². The monoisotopic (exact) mass is 454 g/mol. The summed E-state index contributed by atoms with van der Waals surface area (Å²) in [5.74, 6) is -1.62. The third-order valence-electron chi connectivity index (χ3n) is 4.30. The van der Waals surface area contributed by atoms with Crippen LogP contribution in [0.15, 0.2) is 36.4 Å². The van der Waals surface area contributed by atoms with Crippen LogP contribution in [0.5, 0.6) is 11.5 Å². The molecule has 0 aliphatic rings. The number of methoxy groups -OCH3 is 3. The number of benzene rings is 2. The predicted molar refractivity (Wildman–Crippen MR) is 111 cm³/mol. The zero-order valence-corrected chi connectivity index (χ0v) is 18.3. The van der Waals surface area contributed by atoms with Crippen LogP contribution in [0.1, 0.15) is 15.9 Å². The summed E-state index contributed by atoms with van der Waals surface area (Å²) in [7, 11) is 0.0737. The molecule has 0 saturated carbocycles. The van der Waals surface area contributed by atoms with Gasteiger partial charge in [-0.3, -0.25) is 4.79 Å². The van der Waals surface area contributed by atoms with Crippen molar-refractivity contribution in [2.75, 3.05) is 39.4 Å². The fourth-order valence-corrected chi connectivity index (χ4v) is 3.44. The summed E-state index contributed by atoms with van der Waals surface area (Å²) in [6.45, 7) is -0.948. The quantitative estimate of drug-likeness (QED) is 0.577. The van der Waals surface area contributed by atoms with Gasteiger partial charge in [-0.15, -0.1) is 0 Å². The Morgan fingerprint density at radius 2 is 1.68 bits per heavy atom. The van der Waals surface area contributed by atoms with Gasteiger partial charge >= 0.3 is 5.97 Å². The van der Waals surface area contributed by atoms with E-state index in [-0.39, 0.29) is 34.9 Å². The summed E-state index contributed by atoms with van der Waals surface area (Å²) in [4.78, 5) is 24.8. The third-order valence-corrected chi connectivity index (χ3v) is 5.49. The first-order chi connectivity index (χ1) is 14.6. The first-order valence-electron chi connectivity index (χ1n) is 8.93. The van der Waals surface area contributed by atoms with Gasteiger partial charge in [0.05, 0.1) is 45.4 Å². The Bertz CT molecular complexity index is 1070. The van der Waals surface area contributed by atoms with Crippen molar-refractivity contribution in [1.82, 2.24) is 4.31 Å². The van der Waals surface area contributed by atoms with E-state index >= 15 is 0 Å². The Morgan fingerprint density at radius 1 is 1.06 bits per heavy atom. The highest BCUT2D eigenvalue weighted by molar-refractivity contribution is 7.88. The number of hydrogen-bond donors (Lipinski definition) is 1. The number of hydrogen-bond acceptors (Lipinski definition) is 7. The third kappa shape index (κ3) is 6.15. The van der Waals surface area contributed by atoms with Crippen LogP contribution in [-0.2, 0) is 26.1 Å². The second-order valence-electron chi connectivity index (χ2n) is 6.41. The van der Waals surface area contributed by atoms with Gasteiger partial charge in [-0.2, -0.15) is 4.31 Å². The molecule has 0 unspecified atom stereocenters. The van der Waals surface area contributed by atoms with Crippen LogP contribution < -0.4 is 14.8 Å². The lowest BCUT2D eigenvalue weighted by atomic mass is 10.1. The summed E-state index contributed by atoms with van der Waals surface area (Å²) >= 11 is 0. The van der Waals surface area contributed by atoms with Crippen molar-refractivity contribution in [2.45, 2.75) is 6.54 Å². The number of carbonyl (C=O) groups excluding carboxylic acids is 2. The minimum Gasteiger partial charge on any atom is -0.493 e. The summed E-state index contributed by atoms with van der Waals surface area (Å²) in [5, 5.41) is 2.48. The van der Waals surface area contributed by atoms with Crippen molar-refractivity contribution in [3.63, 3.8) is 0 Å². The molecule has 0 aliphatic carbocycles. The molecule has 0 bridgehead atoms. The van der Waals surface area contributed by atoms with Crippen LogP contribution in [0.3, 0.4) is 0 Å². The van der Waals surface area contributed by atoms with Crippen LogP contribution >= 0.6 is 0 Å². The average molecular weight is 454 g/mol. The largest absolute Gasteiger partial charge is 0.493 e. The standard InChI is InChI=1S/C20H23FN2O7S/c1-28-17-9-14(20(25)30-3)16(10-18(17)29-2)22-19(24)12-23(31(4,26)27)11-13-7-5-6-8-15(13)21/h5-10H,11-12H2,1-4H3,(H,22,24). The van der Waals surface area contributed by atoms with E-state index in [4.69, 9.17) is 14.2 Å². The molecule has 2 aromatic carbocycles. The zero-order chi connectivity index (χ0) is 23.2. The normalized spacial score (nSPS) is 11.2. The first kappa shape index (κ1) is 24.1. The molecule has 0 fully saturated rings. The van der Waals surface area contributed by atoms with Gasteiger partial charge in [-0.1, -0.05) is 18.2 Å². The van der Waals surface area contributed by atoms with Crippen LogP contribution in [0.4, 0.5) is 10.1 Å². The van der Waals surface area contributed by atoms with Gasteiger partial charge in [0.1, 0.15) is 5.82 Å². The number of rotatable bonds is 9. The van der Waals surface area contributed by atoms with E-state index < -0.39 is 34.3 Å². The number of nitrogens with one attached hydrogen (secondary N) is 1. The van der Waals surface area contributed by atoms with Crippen molar-refractivity contribution < 1.29 is 36.6 Å². The Labute approximate surface area is 179 Å². The van der Waals surface area contributed by atoms with Gasteiger partial charge in [0, 0.05) is 24.2 Å². The summed E-state index contributed by atoms with van der Waals surface area (Å²) in [5.41, 5.74) is 0.129. The summed E-state index contributed by atoms with van der Waals surface area (Å²) in [6, 6.07) is 8.34. The summed E-state index contributed by atoms with van der Waals surface area (Å²) in [6.07, 6.45) is 0.914. The lowest BCUT2D eigenvalue weighted by molar-refractivity contribution is -0.116. The van der Waals surface area contributed by atoms with Gasteiger partial charge in [0.2, 0.25) is 15.9 Å². The molecule has 0 radical (unpaired) electrons. The maximum absolute atomic E-state index is 14.0. The smallest absolute Gasteiger partial charge is 0.340 e. The van der Waals surface area contributed by atoms with Crippen molar-refractivity contribution in [1.29, 1.82) is 0 Å². The average Bonchev–Trinajstić information content (AvgIpc) is 2.73. The van der Waals surface area contributed by atoms with E-state index in [2.05, 4.69) is 5.32 Å². The van der Waals surface area contributed by atoms with Crippen LogP contribution in [0.2, 0.25) is 0 Å². The number of halogens is 1. The predicted octanol–water partition coefficient (Wildman–Crippen LogP) is 2.03. The number of ether oxygens (including phenoxy) is 3. The molecule has 0 spiro atoms. The van der Waals surface area contributed by atoms with Crippen molar-refractivity contribution in [3.05, 3.63) is 53.3 Å². The molecule has 2 aromatic rings. The molecule has 1 amide bonds. The second-order valence-corrected chi connectivity index (χ2v) is 8.40. The van der Waals surface area contributed by atoms with Crippen LogP contribution in [-0.4, -0.2) is 58.7 Å². The van der Waals surface area contributed by atoms with E-state index in [0.29, 0.717) is 0 Å². The Balaban J connectivity index is 2.32. The van der Waals surface area contributed by atoms with Gasteiger partial charge in [-0.25, -0.2) is 17.6 Å². The topological polar surface area (TPSA) is 111 Å². The van der Waals surface area contributed by atoms with Gasteiger partial charge in [0.25, 0.3) is 0 Å². The lowest BCUT2D eigenvalue weighted by Gasteiger charge is -2.20. The first-order valence-corrected chi connectivity index (χ1v) is 10.8. The molecule has 0 atom stereocenters. The van der Waals surface area contributed by atoms with Crippen LogP contribution in [0.25, 0.3) is 0 Å².